The van der Waals surface area contributed by atoms with Crippen LogP contribution < -0.4 is 35.1 Å². The molecule has 29 nitrogen and oxygen atoms in total. The van der Waals surface area contributed by atoms with Crippen molar-refractivity contribution in [2.75, 3.05) is 13.2 Å². The minimum absolute atomic E-state index is 0.00513. The van der Waals surface area contributed by atoms with E-state index in [9.17, 15) is 33.6 Å². The predicted octanol–water partition coefficient (Wildman–Crippen LogP) is 16.3. The SMILES string of the molecule is CC(C)[C@H]1C(=O)NC1[C@@H](C)C(=O)C(=[N+]=[N-])C(=O)OCc1ccc(N=[N+]=[N-])cc1.Cc1cc(COc2ccc3nc4ccc(=O)cc-4oc3c2)ccc1OC/C=C/B1OC(C)(C)C(C)(C)O1.Cc1cc(COc2ccc3nc4ccc(=O)cc-4oc3c2)ccc1OC/C=C/C1=C(C(=O)OCc2ccc(N=[N+]=[N-])cc2)N2C(=O)[C@H](C(C)C)[C@H]2[C@H]1C. The summed E-state index contributed by atoms with van der Waals surface area (Å²) in [5, 5.41) is 9.65. The molecule has 3 fully saturated rings. The number of β-lactam (4-membered cyclic amide) rings is 2. The number of ketones is 1. The van der Waals surface area contributed by atoms with E-state index in [0.717, 1.165) is 39.1 Å². The first kappa shape index (κ1) is 83.9. The van der Waals surface area contributed by atoms with Crippen molar-refractivity contribution in [3.8, 4) is 45.9 Å². The number of azide groups is 2. The van der Waals surface area contributed by atoms with Crippen molar-refractivity contribution in [2.45, 2.75) is 133 Å². The minimum atomic E-state index is -1.06. The van der Waals surface area contributed by atoms with Gasteiger partial charge in [0.2, 0.25) is 11.8 Å². The molecule has 8 aliphatic rings. The average Bonchev–Trinajstić information content (AvgIpc) is 1.55. The van der Waals surface area contributed by atoms with Gasteiger partial charge in [-0.05, 0) is 182 Å². The van der Waals surface area contributed by atoms with Gasteiger partial charge in [0.25, 0.3) is 5.78 Å². The van der Waals surface area contributed by atoms with E-state index in [1.54, 1.807) is 84.6 Å². The van der Waals surface area contributed by atoms with E-state index >= 15 is 0 Å². The third-order valence-electron chi connectivity index (χ3n) is 21.2. The number of hydrogen-bond donors (Lipinski definition) is 1. The number of aromatic nitrogens is 2. The number of ether oxygens (including phenoxy) is 6. The summed E-state index contributed by atoms with van der Waals surface area (Å²) in [7, 11) is -0.379. The van der Waals surface area contributed by atoms with Gasteiger partial charge in [0.15, 0.2) is 33.5 Å². The van der Waals surface area contributed by atoms with Crippen molar-refractivity contribution in [2.24, 2.45) is 45.7 Å². The summed E-state index contributed by atoms with van der Waals surface area (Å²) in [6.45, 7) is 24.7. The summed E-state index contributed by atoms with van der Waals surface area (Å²) < 4.78 is 58.5. The Morgan fingerprint density at radius 3 is 1.53 bits per heavy atom. The Morgan fingerprint density at radius 2 is 1.07 bits per heavy atom. The smallest absolute Gasteiger partial charge is 0.486 e. The second kappa shape index (κ2) is 36.6. The highest BCUT2D eigenvalue weighted by Crippen LogP contribution is 2.49. The van der Waals surface area contributed by atoms with Crippen LogP contribution in [-0.4, -0.2) is 98.5 Å². The summed E-state index contributed by atoms with van der Waals surface area (Å²) >= 11 is 0. The summed E-state index contributed by atoms with van der Waals surface area (Å²) in [5.74, 6) is 1.83. The van der Waals surface area contributed by atoms with Gasteiger partial charge in [-0.25, -0.2) is 19.6 Å². The number of carbonyl (C=O) groups is 5. The number of amides is 2. The number of fused-ring (bicyclic) bond motifs is 5. The first-order valence-corrected chi connectivity index (χ1v) is 38.4. The van der Waals surface area contributed by atoms with E-state index in [1.807, 2.05) is 161 Å². The molecule has 2 amide bonds. The number of carbonyl (C=O) groups excluding carboxylic acids is 5. The molecular formula is C88H87BN12O17. The number of allylic oxidation sites excluding steroid dienone is 1. The fraction of sp³-hybridized carbons (Fsp3) is 0.318. The van der Waals surface area contributed by atoms with E-state index in [2.05, 4.69) is 40.1 Å². The van der Waals surface area contributed by atoms with Gasteiger partial charge in [-0.15, -0.1) is 0 Å². The number of benzene rings is 8. The van der Waals surface area contributed by atoms with Crippen molar-refractivity contribution in [3.63, 3.8) is 0 Å². The van der Waals surface area contributed by atoms with Crippen molar-refractivity contribution in [1.82, 2.24) is 20.2 Å². The molecule has 3 saturated heterocycles. The molecule has 0 saturated carbocycles. The lowest BCUT2D eigenvalue weighted by molar-refractivity contribution is -0.161. The van der Waals surface area contributed by atoms with Crippen molar-refractivity contribution < 1.29 is 75.3 Å². The zero-order chi connectivity index (χ0) is 84.3. The van der Waals surface area contributed by atoms with Crippen molar-refractivity contribution in [3.05, 3.63) is 273 Å². The Bertz CT molecular complexity index is 5780. The standard InChI is InChI=1S/C41H37N5O7.C29H30BNO6.C18H20N6O4/c1-23(2)37-38-25(4)31(39(46(38)40(37)48)41(49)52-21-26-7-10-28(11-8-26)44-45-42)6-5-17-50-34-16-9-27(18-24(34)3)22-51-30-13-15-33-36(20-30)53-35-19-29(47)12-14-32(35)43-33;1-19-15-20(7-12-25(19)33-14-6-13-30-36-28(2,3)29(4,5)37-30)18-34-22-9-11-24-27(17-22)35-26-16-21(32)8-10-23(26)31-24;1-9(2)13-14(21-17(13)26)10(3)16(25)15(22-19)18(27)28-8-11-4-6-12(7-5-11)23-24-20/h5-16,18-20,23,25,37-38H,17,21-22H2,1-4H3;6-13,15-17H,14,18H2,1-5H3;4-7,9-10,13-14H,8H2,1-3H3,(H,21,26)/b6-5+;13-6+;/t25-,37+,38+;;10-,13-,14?/m0.1/s1. The maximum Gasteiger partial charge on any atom is 0.486 e. The number of hydrogen-bond acceptors (Lipinski definition) is 21. The molecule has 6 aromatic carbocycles. The van der Waals surface area contributed by atoms with Gasteiger partial charge in [-0.2, -0.15) is 4.79 Å². The van der Waals surface area contributed by atoms with Gasteiger partial charge in [0.05, 0.1) is 35.1 Å². The number of rotatable bonds is 27. The van der Waals surface area contributed by atoms with E-state index < -0.39 is 35.4 Å². The van der Waals surface area contributed by atoms with Gasteiger partial charge < -0.3 is 62.3 Å². The number of nitrogens with one attached hydrogen (secondary N) is 1. The third kappa shape index (κ3) is 19.4. The van der Waals surface area contributed by atoms with Gasteiger partial charge in [0, 0.05) is 57.3 Å². The first-order valence-electron chi connectivity index (χ1n) is 38.4. The molecule has 118 heavy (non-hydrogen) atoms. The Balaban J connectivity index is 0.000000172. The van der Waals surface area contributed by atoms with Crippen LogP contribution in [0.2, 0.25) is 0 Å². The molecule has 0 radical (unpaired) electrons. The van der Waals surface area contributed by atoms with Crippen molar-refractivity contribution in [1.29, 1.82) is 0 Å². The van der Waals surface area contributed by atoms with Gasteiger partial charge in [0.1, 0.15) is 90.8 Å². The highest BCUT2D eigenvalue weighted by atomic mass is 16.7. The molecule has 0 aromatic heterocycles. The minimum Gasteiger partial charge on any atom is -0.489 e. The normalized spacial score (nSPS) is 17.8. The first-order chi connectivity index (χ1) is 56.5. The van der Waals surface area contributed by atoms with Crippen LogP contribution in [0.4, 0.5) is 11.4 Å². The maximum atomic E-state index is 13.5. The van der Waals surface area contributed by atoms with Crippen molar-refractivity contribution >= 4 is 75.9 Å². The molecule has 604 valence electrons. The molecule has 30 heteroatoms. The fourth-order valence-corrected chi connectivity index (χ4v) is 14.2. The molecule has 1 unspecified atom stereocenters. The third-order valence-corrected chi connectivity index (χ3v) is 21.2. The number of nitrogens with zero attached hydrogens (tertiary/aromatic N) is 11. The molecule has 6 aromatic rings. The lowest BCUT2D eigenvalue weighted by atomic mass is 9.74. The van der Waals surface area contributed by atoms with Crippen LogP contribution in [0.5, 0.6) is 23.0 Å². The predicted molar refractivity (Wildman–Crippen MR) is 438 cm³/mol. The Hall–Kier alpha value is -13.5. The monoisotopic (exact) mass is 1590 g/mol. The second-order valence-corrected chi connectivity index (χ2v) is 30.6. The average molecular weight is 1600 g/mol. The molecular weight excluding hydrogens is 1510 g/mol. The quantitative estimate of drug-likeness (QED) is 0.00575. The van der Waals surface area contributed by atoms with Crippen LogP contribution in [-0.2, 0) is 69.2 Å². The molecule has 2 aliphatic carbocycles. The fourth-order valence-electron chi connectivity index (χ4n) is 14.2. The molecule has 1 N–H and O–H groups in total. The summed E-state index contributed by atoms with van der Waals surface area (Å²) in [4.78, 5) is 106. The van der Waals surface area contributed by atoms with Crippen LogP contribution in [0, 0.1) is 49.4 Å². The van der Waals surface area contributed by atoms with E-state index in [4.69, 9.17) is 63.2 Å². The molecule has 0 spiro atoms. The molecule has 14 rings (SSSR count). The van der Waals surface area contributed by atoms with Crippen LogP contribution >= 0.6 is 0 Å². The van der Waals surface area contributed by atoms with Crippen LogP contribution in [0.25, 0.3) is 71.5 Å². The Morgan fingerprint density at radius 1 is 0.585 bits per heavy atom. The second-order valence-electron chi connectivity index (χ2n) is 30.6. The topological polar surface area (TPSA) is 395 Å². The molecule has 0 bridgehead atoms. The van der Waals surface area contributed by atoms with Crippen LogP contribution in [0.3, 0.4) is 0 Å². The molecule has 6 atom stereocenters. The summed E-state index contributed by atoms with van der Waals surface area (Å²) in [6, 6.07) is 44.3. The highest BCUT2D eigenvalue weighted by molar-refractivity contribution is 6.62. The van der Waals surface area contributed by atoms with Gasteiger partial charge in [-0.1, -0.05) is 131 Å². The van der Waals surface area contributed by atoms with E-state index in [1.165, 1.54) is 24.3 Å². The molecule has 6 aliphatic heterocycles. The number of Topliss-reactive ketones (excluding diaryl/α,β-unsaturated/α-hetero) is 1. The maximum absolute atomic E-state index is 13.5. The van der Waals surface area contributed by atoms with Gasteiger partial charge in [-0.3, -0.25) is 24.0 Å². The van der Waals surface area contributed by atoms with Crippen LogP contribution in [0.1, 0.15) is 103 Å². The van der Waals surface area contributed by atoms with Crippen LogP contribution in [0.15, 0.2) is 222 Å². The zero-order valence-corrected chi connectivity index (χ0v) is 67.1. The lowest BCUT2D eigenvalue weighted by Gasteiger charge is -2.47. The Labute approximate surface area is 679 Å². The molecule has 6 heterocycles. The zero-order valence-electron chi connectivity index (χ0n) is 67.1. The highest BCUT2D eigenvalue weighted by Gasteiger charge is 2.59. The van der Waals surface area contributed by atoms with E-state index in [-0.39, 0.29) is 102 Å². The Kier molecular flexibility index (Phi) is 26.0. The summed E-state index contributed by atoms with van der Waals surface area (Å²) in [5.41, 5.74) is 35.2. The van der Waals surface area contributed by atoms with E-state index in [0.29, 0.717) is 99.1 Å². The lowest BCUT2D eigenvalue weighted by Crippen LogP contribution is -2.64. The van der Waals surface area contributed by atoms with Gasteiger partial charge >= 0.3 is 24.8 Å². The number of aryl methyl sites for hydroxylation is 2. The number of esters is 2. The largest absolute Gasteiger partial charge is 0.489 e. The summed E-state index contributed by atoms with van der Waals surface area (Å²) in [6.07, 6.45) is 5.63.